The zero-order chi connectivity index (χ0) is 28.4. The number of nitrogens with zero attached hydrogens (tertiary/aromatic N) is 2. The van der Waals surface area contributed by atoms with E-state index < -0.39 is 12.0 Å². The van der Waals surface area contributed by atoms with Crippen LogP contribution >= 0.6 is 34.5 Å². The van der Waals surface area contributed by atoms with Crippen LogP contribution in [-0.2, 0) is 16.1 Å². The van der Waals surface area contributed by atoms with Gasteiger partial charge in [-0.25, -0.2) is 9.79 Å². The lowest BCUT2D eigenvalue weighted by atomic mass is 9.95. The fraction of sp³-hybridized carbons (Fsp3) is 0.194. The summed E-state index contributed by atoms with van der Waals surface area (Å²) in [6, 6.07) is 19.8. The summed E-state index contributed by atoms with van der Waals surface area (Å²) in [5, 5.41) is 1.11. The van der Waals surface area contributed by atoms with Crippen LogP contribution in [0.1, 0.15) is 42.1 Å². The predicted octanol–water partition coefficient (Wildman–Crippen LogP) is 5.99. The SMILES string of the molecule is CCOC(=O)C1=C(C)N=c2s/c(=C\c3cc(Cl)ccc3OCc3ccccc3Cl)c(=O)n2[C@@H]1c1ccc(C)cc1. The van der Waals surface area contributed by atoms with E-state index in [0.717, 1.165) is 16.7 Å². The summed E-state index contributed by atoms with van der Waals surface area (Å²) in [6.07, 6.45) is 1.74. The van der Waals surface area contributed by atoms with Gasteiger partial charge in [-0.15, -0.1) is 0 Å². The molecule has 0 fully saturated rings. The Morgan fingerprint density at radius 1 is 1.07 bits per heavy atom. The van der Waals surface area contributed by atoms with E-state index in [1.807, 2.05) is 49.4 Å². The summed E-state index contributed by atoms with van der Waals surface area (Å²) in [4.78, 5) is 32.1. The van der Waals surface area contributed by atoms with Gasteiger partial charge in [0.1, 0.15) is 12.4 Å². The third-order valence-electron chi connectivity index (χ3n) is 6.51. The van der Waals surface area contributed by atoms with Crippen LogP contribution < -0.4 is 19.6 Å². The molecule has 0 radical (unpaired) electrons. The van der Waals surface area contributed by atoms with E-state index in [9.17, 15) is 9.59 Å². The van der Waals surface area contributed by atoms with Crippen molar-refractivity contribution in [2.24, 2.45) is 4.99 Å². The topological polar surface area (TPSA) is 69.9 Å². The van der Waals surface area contributed by atoms with Gasteiger partial charge in [0.2, 0.25) is 0 Å². The Morgan fingerprint density at radius 2 is 1.82 bits per heavy atom. The number of allylic oxidation sites excluding steroid dienone is 1. The lowest BCUT2D eigenvalue weighted by Crippen LogP contribution is -2.39. The van der Waals surface area contributed by atoms with Crippen molar-refractivity contribution in [3.05, 3.63) is 130 Å². The maximum absolute atomic E-state index is 13.9. The molecule has 1 aliphatic rings. The van der Waals surface area contributed by atoms with Crippen LogP contribution in [0.15, 0.2) is 87.8 Å². The molecule has 0 amide bonds. The highest BCUT2D eigenvalue weighted by atomic mass is 35.5. The van der Waals surface area contributed by atoms with Crippen LogP contribution in [0.2, 0.25) is 10.0 Å². The van der Waals surface area contributed by atoms with Gasteiger partial charge in [0, 0.05) is 21.2 Å². The lowest BCUT2D eigenvalue weighted by Gasteiger charge is -2.24. The second-order valence-electron chi connectivity index (χ2n) is 9.28. The largest absolute Gasteiger partial charge is 0.488 e. The molecule has 0 saturated heterocycles. The monoisotopic (exact) mass is 592 g/mol. The molecule has 1 aromatic heterocycles. The highest BCUT2D eigenvalue weighted by Gasteiger charge is 2.33. The standard InChI is InChI=1S/C31H26Cl2N2O4S/c1-4-38-30(37)27-19(3)34-31-35(28(27)20-11-9-18(2)10-12-20)29(36)26(40-31)16-22-15-23(32)13-14-25(22)39-17-21-7-5-6-8-24(21)33/h5-16,28H,4,17H2,1-3H3/b26-16-/t28-/m1/s1. The van der Waals surface area contributed by atoms with Gasteiger partial charge in [-0.2, -0.15) is 0 Å². The molecule has 40 heavy (non-hydrogen) atoms. The minimum absolute atomic E-state index is 0.215. The number of esters is 1. The maximum atomic E-state index is 13.9. The summed E-state index contributed by atoms with van der Waals surface area (Å²) in [7, 11) is 0. The molecule has 1 atom stereocenters. The molecule has 3 aromatic carbocycles. The number of benzene rings is 3. The van der Waals surface area contributed by atoms with Gasteiger partial charge in [-0.3, -0.25) is 9.36 Å². The molecule has 9 heteroatoms. The molecule has 2 heterocycles. The van der Waals surface area contributed by atoms with E-state index in [1.54, 1.807) is 48.8 Å². The first kappa shape index (κ1) is 27.9. The first-order valence-electron chi connectivity index (χ1n) is 12.7. The molecule has 1 aliphatic heterocycles. The molecular weight excluding hydrogens is 567 g/mol. The average Bonchev–Trinajstić information content (AvgIpc) is 3.23. The zero-order valence-electron chi connectivity index (χ0n) is 22.1. The van der Waals surface area contributed by atoms with E-state index in [0.29, 0.717) is 42.0 Å². The van der Waals surface area contributed by atoms with Crippen molar-refractivity contribution in [1.82, 2.24) is 4.57 Å². The Morgan fingerprint density at radius 3 is 2.55 bits per heavy atom. The zero-order valence-corrected chi connectivity index (χ0v) is 24.4. The molecule has 4 aromatic rings. The van der Waals surface area contributed by atoms with Crippen molar-refractivity contribution in [1.29, 1.82) is 0 Å². The smallest absolute Gasteiger partial charge is 0.338 e. The quantitative estimate of drug-likeness (QED) is 0.247. The van der Waals surface area contributed by atoms with Crippen molar-refractivity contribution >= 4 is 46.6 Å². The van der Waals surface area contributed by atoms with E-state index in [-0.39, 0.29) is 18.8 Å². The van der Waals surface area contributed by atoms with Crippen LogP contribution in [0.5, 0.6) is 5.75 Å². The molecule has 0 N–H and O–H groups in total. The van der Waals surface area contributed by atoms with Crippen molar-refractivity contribution in [3.8, 4) is 5.75 Å². The predicted molar refractivity (Wildman–Crippen MR) is 159 cm³/mol. The van der Waals surface area contributed by atoms with Gasteiger partial charge in [0.15, 0.2) is 4.80 Å². The fourth-order valence-electron chi connectivity index (χ4n) is 4.53. The Balaban J connectivity index is 1.62. The second-order valence-corrected chi connectivity index (χ2v) is 11.1. The van der Waals surface area contributed by atoms with Crippen molar-refractivity contribution < 1.29 is 14.3 Å². The van der Waals surface area contributed by atoms with Crippen molar-refractivity contribution in [3.63, 3.8) is 0 Å². The number of ether oxygens (including phenoxy) is 2. The summed E-state index contributed by atoms with van der Waals surface area (Å²) >= 11 is 13.9. The van der Waals surface area contributed by atoms with Crippen LogP contribution in [0.3, 0.4) is 0 Å². The minimum atomic E-state index is -0.673. The Kier molecular flexibility index (Phi) is 8.26. The summed E-state index contributed by atoms with van der Waals surface area (Å²) in [5.74, 6) is 0.0577. The molecule has 6 nitrogen and oxygen atoms in total. The summed E-state index contributed by atoms with van der Waals surface area (Å²) in [6.45, 7) is 5.97. The van der Waals surface area contributed by atoms with Crippen LogP contribution in [0.25, 0.3) is 6.08 Å². The van der Waals surface area contributed by atoms with Crippen molar-refractivity contribution in [2.75, 3.05) is 6.61 Å². The lowest BCUT2D eigenvalue weighted by molar-refractivity contribution is -0.139. The number of hydrogen-bond donors (Lipinski definition) is 0. The van der Waals surface area contributed by atoms with E-state index in [4.69, 9.17) is 32.7 Å². The summed E-state index contributed by atoms with van der Waals surface area (Å²) in [5.41, 5.74) is 3.92. The molecule has 0 spiro atoms. The van der Waals surface area contributed by atoms with Gasteiger partial charge < -0.3 is 9.47 Å². The van der Waals surface area contributed by atoms with Crippen molar-refractivity contribution in [2.45, 2.75) is 33.4 Å². The Bertz CT molecular complexity index is 1810. The third kappa shape index (κ3) is 5.63. The highest BCUT2D eigenvalue weighted by Crippen LogP contribution is 2.31. The summed E-state index contributed by atoms with van der Waals surface area (Å²) < 4.78 is 13.5. The van der Waals surface area contributed by atoms with Gasteiger partial charge in [0.25, 0.3) is 5.56 Å². The number of carbonyl (C=O) groups is 1. The molecule has 204 valence electrons. The van der Waals surface area contributed by atoms with E-state index in [2.05, 4.69) is 4.99 Å². The third-order valence-corrected chi connectivity index (χ3v) is 8.10. The second kappa shape index (κ2) is 11.8. The molecule has 0 unspecified atom stereocenters. The van der Waals surface area contributed by atoms with E-state index >= 15 is 0 Å². The van der Waals surface area contributed by atoms with Crippen LogP contribution in [0, 0.1) is 6.92 Å². The number of halogens is 2. The number of thiazole rings is 1. The number of rotatable bonds is 7. The Hall–Kier alpha value is -3.65. The van der Waals surface area contributed by atoms with Gasteiger partial charge in [0.05, 0.1) is 28.5 Å². The van der Waals surface area contributed by atoms with Gasteiger partial charge in [-0.05, 0) is 56.7 Å². The number of aryl methyl sites for hydroxylation is 1. The number of carbonyl (C=O) groups excluding carboxylic acids is 1. The fourth-order valence-corrected chi connectivity index (χ4v) is 5.94. The number of aromatic nitrogens is 1. The van der Waals surface area contributed by atoms with Crippen LogP contribution in [0.4, 0.5) is 0 Å². The first-order chi connectivity index (χ1) is 19.3. The molecule has 5 rings (SSSR count). The maximum Gasteiger partial charge on any atom is 0.338 e. The molecule has 0 saturated carbocycles. The minimum Gasteiger partial charge on any atom is -0.488 e. The average molecular weight is 594 g/mol. The first-order valence-corrected chi connectivity index (χ1v) is 14.3. The van der Waals surface area contributed by atoms with E-state index in [1.165, 1.54) is 11.3 Å². The molecular formula is C31H26Cl2N2O4S. The molecule has 0 bridgehead atoms. The van der Waals surface area contributed by atoms with Gasteiger partial charge >= 0.3 is 5.97 Å². The molecule has 0 aliphatic carbocycles. The normalized spacial score (nSPS) is 15.0. The number of hydrogen-bond acceptors (Lipinski definition) is 6. The number of fused-ring (bicyclic) bond motifs is 1. The van der Waals surface area contributed by atoms with Gasteiger partial charge in [-0.1, -0.05) is 82.6 Å². The highest BCUT2D eigenvalue weighted by molar-refractivity contribution is 7.07. The van der Waals surface area contributed by atoms with Crippen LogP contribution in [-0.4, -0.2) is 17.1 Å². The Labute approximate surface area is 245 Å².